The van der Waals surface area contributed by atoms with Gasteiger partial charge in [0.1, 0.15) is 0 Å². The van der Waals surface area contributed by atoms with Gasteiger partial charge < -0.3 is 0 Å². The molecular formula is C17H16Cl2O. The second kappa shape index (κ2) is 6.43. The molecule has 20 heavy (non-hydrogen) atoms. The third-order valence-electron chi connectivity index (χ3n) is 3.01. The number of halogens is 2. The summed E-state index contributed by atoms with van der Waals surface area (Å²) in [4.78, 5) is 12.5. The predicted octanol–water partition coefficient (Wildman–Crippen LogP) is 5.42. The van der Waals surface area contributed by atoms with Crippen LogP contribution in [0.4, 0.5) is 0 Å². The molecule has 104 valence electrons. The molecule has 0 saturated carbocycles. The summed E-state index contributed by atoms with van der Waals surface area (Å²) >= 11 is 12.0. The van der Waals surface area contributed by atoms with Crippen molar-refractivity contribution >= 4 is 29.0 Å². The van der Waals surface area contributed by atoms with Crippen LogP contribution in [-0.4, -0.2) is 5.78 Å². The Bertz CT molecular complexity index is 633. The van der Waals surface area contributed by atoms with Gasteiger partial charge in [0, 0.05) is 16.1 Å². The summed E-state index contributed by atoms with van der Waals surface area (Å²) in [7, 11) is 0. The summed E-state index contributed by atoms with van der Waals surface area (Å²) < 4.78 is 0. The van der Waals surface area contributed by atoms with Crippen molar-refractivity contribution in [3.63, 3.8) is 0 Å². The molecule has 2 aromatic rings. The Morgan fingerprint density at radius 2 is 1.85 bits per heavy atom. The van der Waals surface area contributed by atoms with Crippen LogP contribution in [0.5, 0.6) is 0 Å². The van der Waals surface area contributed by atoms with E-state index in [9.17, 15) is 4.79 Å². The number of carbonyl (C=O) groups excluding carboxylic acids is 1. The van der Waals surface area contributed by atoms with Gasteiger partial charge in [0.05, 0.1) is 5.02 Å². The summed E-state index contributed by atoms with van der Waals surface area (Å²) in [5, 5.41) is 0.935. The van der Waals surface area contributed by atoms with Gasteiger partial charge in [0.2, 0.25) is 0 Å². The van der Waals surface area contributed by atoms with E-state index in [0.29, 0.717) is 27.1 Å². The first-order chi connectivity index (χ1) is 9.47. The summed E-state index contributed by atoms with van der Waals surface area (Å²) in [6.45, 7) is 4.31. The summed E-state index contributed by atoms with van der Waals surface area (Å²) in [6.07, 6.45) is 0.949. The number of rotatable bonds is 4. The lowest BCUT2D eigenvalue weighted by molar-refractivity contribution is 0.103. The van der Waals surface area contributed by atoms with Crippen molar-refractivity contribution in [1.82, 2.24) is 0 Å². The smallest absolute Gasteiger partial charge is 0.194 e. The molecule has 0 atom stereocenters. The zero-order valence-corrected chi connectivity index (χ0v) is 13.0. The molecule has 0 saturated heterocycles. The number of ketones is 1. The van der Waals surface area contributed by atoms with Crippen LogP contribution < -0.4 is 0 Å². The van der Waals surface area contributed by atoms with E-state index in [4.69, 9.17) is 23.2 Å². The zero-order chi connectivity index (χ0) is 14.7. The number of benzene rings is 2. The van der Waals surface area contributed by atoms with Gasteiger partial charge in [-0.15, -0.1) is 0 Å². The second-order valence-electron chi connectivity index (χ2n) is 5.25. The zero-order valence-electron chi connectivity index (χ0n) is 11.5. The molecule has 1 nitrogen and oxygen atoms in total. The van der Waals surface area contributed by atoms with E-state index in [1.165, 1.54) is 0 Å². The lowest BCUT2D eigenvalue weighted by Crippen LogP contribution is -2.04. The second-order valence-corrected chi connectivity index (χ2v) is 6.10. The van der Waals surface area contributed by atoms with Crippen LogP contribution in [0.15, 0.2) is 42.5 Å². The maximum absolute atomic E-state index is 12.5. The van der Waals surface area contributed by atoms with Crippen LogP contribution in [0.3, 0.4) is 0 Å². The SMILES string of the molecule is CC(C)Cc1cccc(C(=O)c2cc(Cl)ccc2Cl)c1. The maximum atomic E-state index is 12.5. The van der Waals surface area contributed by atoms with E-state index in [0.717, 1.165) is 12.0 Å². The van der Waals surface area contributed by atoms with Gasteiger partial charge in [-0.25, -0.2) is 0 Å². The Labute approximate surface area is 129 Å². The fraction of sp³-hybridized carbons (Fsp3) is 0.235. The number of carbonyl (C=O) groups is 1. The summed E-state index contributed by atoms with van der Waals surface area (Å²) in [5.74, 6) is 0.457. The van der Waals surface area contributed by atoms with Gasteiger partial charge in [0.15, 0.2) is 5.78 Å². The highest BCUT2D eigenvalue weighted by molar-refractivity contribution is 6.36. The minimum atomic E-state index is -0.0943. The van der Waals surface area contributed by atoms with Gasteiger partial charge in [-0.1, -0.05) is 55.2 Å². The van der Waals surface area contributed by atoms with Crippen LogP contribution in [0, 0.1) is 5.92 Å². The topological polar surface area (TPSA) is 17.1 Å². The van der Waals surface area contributed by atoms with Crippen molar-refractivity contribution in [3.8, 4) is 0 Å². The highest BCUT2D eigenvalue weighted by Gasteiger charge is 2.14. The molecule has 0 amide bonds. The molecule has 0 aromatic heterocycles. The molecule has 0 N–H and O–H groups in total. The van der Waals surface area contributed by atoms with Crippen LogP contribution in [0.1, 0.15) is 35.3 Å². The van der Waals surface area contributed by atoms with Crippen molar-refractivity contribution in [2.75, 3.05) is 0 Å². The molecule has 0 unspecified atom stereocenters. The Morgan fingerprint density at radius 1 is 1.10 bits per heavy atom. The van der Waals surface area contributed by atoms with Gasteiger partial charge in [0.25, 0.3) is 0 Å². The van der Waals surface area contributed by atoms with Crippen LogP contribution in [0.2, 0.25) is 10.0 Å². The lowest BCUT2D eigenvalue weighted by Gasteiger charge is -2.08. The fourth-order valence-electron chi connectivity index (χ4n) is 2.14. The van der Waals surface area contributed by atoms with Crippen molar-refractivity contribution in [2.45, 2.75) is 20.3 Å². The Balaban J connectivity index is 2.35. The average Bonchev–Trinajstić information content (AvgIpc) is 2.40. The standard InChI is InChI=1S/C17H16Cl2O/c1-11(2)8-12-4-3-5-13(9-12)17(20)15-10-14(18)6-7-16(15)19/h3-7,9-11H,8H2,1-2H3. The van der Waals surface area contributed by atoms with Gasteiger partial charge in [-0.3, -0.25) is 4.79 Å². The number of hydrogen-bond acceptors (Lipinski definition) is 1. The molecule has 2 rings (SSSR count). The van der Waals surface area contributed by atoms with E-state index in [1.54, 1.807) is 18.2 Å². The normalized spacial score (nSPS) is 10.8. The van der Waals surface area contributed by atoms with Crippen molar-refractivity contribution in [2.24, 2.45) is 5.92 Å². The van der Waals surface area contributed by atoms with Crippen LogP contribution in [0.25, 0.3) is 0 Å². The van der Waals surface area contributed by atoms with Crippen LogP contribution >= 0.6 is 23.2 Å². The first-order valence-corrected chi connectivity index (χ1v) is 7.31. The predicted molar refractivity (Wildman–Crippen MR) is 84.9 cm³/mol. The molecule has 0 aliphatic carbocycles. The van der Waals surface area contributed by atoms with E-state index in [2.05, 4.69) is 13.8 Å². The van der Waals surface area contributed by atoms with Crippen molar-refractivity contribution in [1.29, 1.82) is 0 Å². The third-order valence-corrected chi connectivity index (χ3v) is 3.57. The van der Waals surface area contributed by atoms with Crippen molar-refractivity contribution < 1.29 is 4.79 Å². The van der Waals surface area contributed by atoms with E-state index < -0.39 is 0 Å². The Morgan fingerprint density at radius 3 is 2.55 bits per heavy atom. The molecule has 3 heteroatoms. The molecule has 0 fully saturated rings. The Kier molecular flexibility index (Phi) is 4.85. The first-order valence-electron chi connectivity index (χ1n) is 6.56. The molecule has 0 radical (unpaired) electrons. The van der Waals surface area contributed by atoms with Gasteiger partial charge >= 0.3 is 0 Å². The molecule has 0 aliphatic rings. The van der Waals surface area contributed by atoms with E-state index >= 15 is 0 Å². The average molecular weight is 307 g/mol. The third kappa shape index (κ3) is 3.62. The van der Waals surface area contributed by atoms with E-state index in [-0.39, 0.29) is 5.78 Å². The molecular weight excluding hydrogens is 291 g/mol. The molecule has 0 bridgehead atoms. The van der Waals surface area contributed by atoms with Gasteiger partial charge in [-0.2, -0.15) is 0 Å². The van der Waals surface area contributed by atoms with Gasteiger partial charge in [-0.05, 0) is 42.2 Å². The minimum Gasteiger partial charge on any atom is -0.289 e. The highest BCUT2D eigenvalue weighted by Crippen LogP contribution is 2.24. The number of hydrogen-bond donors (Lipinski definition) is 0. The minimum absolute atomic E-state index is 0.0943. The quantitative estimate of drug-likeness (QED) is 0.689. The lowest BCUT2D eigenvalue weighted by atomic mass is 9.97. The highest BCUT2D eigenvalue weighted by atomic mass is 35.5. The Hall–Kier alpha value is -1.31. The van der Waals surface area contributed by atoms with Crippen molar-refractivity contribution in [3.05, 3.63) is 69.2 Å². The summed E-state index contributed by atoms with van der Waals surface area (Å²) in [5.41, 5.74) is 2.25. The maximum Gasteiger partial charge on any atom is 0.194 e. The molecule has 0 spiro atoms. The molecule has 2 aromatic carbocycles. The monoisotopic (exact) mass is 306 g/mol. The first kappa shape index (κ1) is 15.1. The fourth-order valence-corrected chi connectivity index (χ4v) is 2.51. The summed E-state index contributed by atoms with van der Waals surface area (Å²) in [6, 6.07) is 12.6. The van der Waals surface area contributed by atoms with Crippen LogP contribution in [-0.2, 0) is 6.42 Å². The molecule has 0 heterocycles. The largest absolute Gasteiger partial charge is 0.289 e. The molecule has 0 aliphatic heterocycles. The van der Waals surface area contributed by atoms with E-state index in [1.807, 2.05) is 24.3 Å².